The first-order chi connectivity index (χ1) is 14.2. The van der Waals surface area contributed by atoms with E-state index in [1.807, 2.05) is 0 Å². The van der Waals surface area contributed by atoms with E-state index < -0.39 is 16.2 Å². The van der Waals surface area contributed by atoms with E-state index >= 15 is 0 Å². The minimum absolute atomic E-state index is 0.155. The monoisotopic (exact) mass is 505 g/mol. The number of amides is 1. The molecule has 1 aliphatic carbocycles. The van der Waals surface area contributed by atoms with Crippen LogP contribution in [0.3, 0.4) is 0 Å². The average molecular weight is 508 g/mol. The number of benzene rings is 2. The fourth-order valence-corrected chi connectivity index (χ4v) is 4.48. The van der Waals surface area contributed by atoms with Crippen LogP contribution in [-0.4, -0.2) is 29.2 Å². The van der Waals surface area contributed by atoms with Gasteiger partial charge in [-0.2, -0.15) is 0 Å². The molecule has 1 fully saturated rings. The van der Waals surface area contributed by atoms with Crippen LogP contribution in [0.1, 0.15) is 21.8 Å². The Bertz CT molecular complexity index is 1010. The third kappa shape index (κ3) is 4.96. The zero-order valence-electron chi connectivity index (χ0n) is 15.4. The maximum atomic E-state index is 12.8. The summed E-state index contributed by atoms with van der Waals surface area (Å²) in [6, 6.07) is 9.60. The average Bonchev–Trinajstić information content (AvgIpc) is 3.27. The maximum Gasteiger partial charge on any atom is 0.231 e. The van der Waals surface area contributed by atoms with Gasteiger partial charge in [0, 0.05) is 17.2 Å². The van der Waals surface area contributed by atoms with Crippen LogP contribution in [-0.2, 0) is 9.53 Å². The van der Waals surface area contributed by atoms with Crippen molar-refractivity contribution in [3.05, 3.63) is 75.2 Å². The Kier molecular flexibility index (Phi) is 7.39. The number of hydrogen-bond acceptors (Lipinski definition) is 3. The second kappa shape index (κ2) is 9.47. The first-order valence-corrected chi connectivity index (χ1v) is 10.7. The number of ether oxygens (including phenoxy) is 1. The fourth-order valence-electron chi connectivity index (χ4n) is 3.12. The molecule has 1 saturated carbocycles. The first-order valence-electron chi connectivity index (χ1n) is 8.81. The van der Waals surface area contributed by atoms with Crippen LogP contribution in [0.5, 0.6) is 0 Å². The molecule has 158 valence electrons. The number of ketones is 1. The molecule has 30 heavy (non-hydrogen) atoms. The number of Topliss-reactive ketones (excluding diaryl/α,β-unsaturated/α-hetero) is 1. The van der Waals surface area contributed by atoms with Crippen LogP contribution >= 0.6 is 58.0 Å². The van der Waals surface area contributed by atoms with Gasteiger partial charge in [0.05, 0.1) is 27.6 Å². The van der Waals surface area contributed by atoms with Gasteiger partial charge in [-0.3, -0.25) is 9.59 Å². The summed E-state index contributed by atoms with van der Waals surface area (Å²) in [6.07, 6.45) is 1.54. The highest BCUT2D eigenvalue weighted by Gasteiger charge is 2.67. The van der Waals surface area contributed by atoms with E-state index in [1.54, 1.807) is 24.3 Å². The van der Waals surface area contributed by atoms with Gasteiger partial charge in [0.25, 0.3) is 0 Å². The van der Waals surface area contributed by atoms with Crippen molar-refractivity contribution in [2.75, 3.05) is 18.5 Å². The summed E-state index contributed by atoms with van der Waals surface area (Å²) in [4.78, 5) is 25.1. The smallest absolute Gasteiger partial charge is 0.231 e. The third-order valence-corrected chi connectivity index (χ3v) is 6.65. The normalized spacial score (nSPS) is 19.2. The van der Waals surface area contributed by atoms with Gasteiger partial charge >= 0.3 is 0 Å². The van der Waals surface area contributed by atoms with Crippen molar-refractivity contribution in [1.82, 2.24) is 0 Å². The lowest BCUT2D eigenvalue weighted by atomic mass is 10.1. The van der Waals surface area contributed by atoms with E-state index in [1.165, 1.54) is 18.2 Å². The Hall–Kier alpha value is -1.27. The lowest BCUT2D eigenvalue weighted by Gasteiger charge is -2.09. The standard InChI is InChI=1S/C21H16Cl5NO3/c1-2-7-30-10-17(28)13-9-12(4-6-14(13)22)27-20(29)19-18(21(19,25)26)11-3-5-15(23)16(24)8-11/h2-6,8-9,18-19H,1,7,10H2,(H,27,29). The van der Waals surface area contributed by atoms with Gasteiger partial charge in [-0.15, -0.1) is 29.8 Å². The highest BCUT2D eigenvalue weighted by molar-refractivity contribution is 6.53. The molecule has 2 aromatic rings. The number of hydrogen-bond donors (Lipinski definition) is 1. The van der Waals surface area contributed by atoms with E-state index in [0.29, 0.717) is 21.3 Å². The second-order valence-electron chi connectivity index (χ2n) is 6.71. The molecule has 0 spiro atoms. The van der Waals surface area contributed by atoms with Gasteiger partial charge in [0.15, 0.2) is 5.78 Å². The summed E-state index contributed by atoms with van der Waals surface area (Å²) in [5.41, 5.74) is 1.33. The molecule has 0 bridgehead atoms. The molecule has 0 saturated heterocycles. The van der Waals surface area contributed by atoms with Crippen molar-refractivity contribution in [2.24, 2.45) is 5.92 Å². The minimum atomic E-state index is -1.29. The fraction of sp³-hybridized carbons (Fsp3) is 0.238. The maximum absolute atomic E-state index is 12.8. The Labute approximate surface area is 199 Å². The molecule has 1 aliphatic rings. The quantitative estimate of drug-likeness (QED) is 0.191. The predicted octanol–water partition coefficient (Wildman–Crippen LogP) is 6.56. The molecule has 1 amide bonds. The lowest BCUT2D eigenvalue weighted by molar-refractivity contribution is -0.117. The van der Waals surface area contributed by atoms with E-state index in [9.17, 15) is 9.59 Å². The number of anilines is 1. The van der Waals surface area contributed by atoms with Crippen molar-refractivity contribution in [2.45, 2.75) is 10.3 Å². The zero-order valence-corrected chi connectivity index (χ0v) is 19.2. The SMILES string of the molecule is C=CCOCC(=O)c1cc(NC(=O)C2C(c3ccc(Cl)c(Cl)c3)C2(Cl)Cl)ccc1Cl. The number of nitrogens with one attached hydrogen (secondary N) is 1. The first kappa shape index (κ1) is 23.4. The highest BCUT2D eigenvalue weighted by atomic mass is 35.5. The number of carbonyl (C=O) groups is 2. The number of carbonyl (C=O) groups excluding carboxylic acids is 2. The van der Waals surface area contributed by atoms with Crippen LogP contribution in [0.25, 0.3) is 0 Å². The van der Waals surface area contributed by atoms with Crippen LogP contribution in [0, 0.1) is 5.92 Å². The van der Waals surface area contributed by atoms with Crippen molar-refractivity contribution >= 4 is 75.4 Å². The van der Waals surface area contributed by atoms with E-state index in [2.05, 4.69) is 11.9 Å². The molecule has 2 atom stereocenters. The Morgan fingerprint density at radius 3 is 2.43 bits per heavy atom. The molecule has 0 radical (unpaired) electrons. The highest BCUT2D eigenvalue weighted by Crippen LogP contribution is 2.65. The van der Waals surface area contributed by atoms with Gasteiger partial charge in [-0.25, -0.2) is 0 Å². The van der Waals surface area contributed by atoms with Gasteiger partial charge in [-0.1, -0.05) is 46.9 Å². The summed E-state index contributed by atoms with van der Waals surface area (Å²) < 4.78 is 3.88. The largest absolute Gasteiger partial charge is 0.369 e. The van der Waals surface area contributed by atoms with Crippen LogP contribution in [0.15, 0.2) is 49.1 Å². The molecule has 2 aromatic carbocycles. The summed E-state index contributed by atoms with van der Waals surface area (Å²) in [7, 11) is 0. The molecule has 2 unspecified atom stereocenters. The predicted molar refractivity (Wildman–Crippen MR) is 123 cm³/mol. The third-order valence-electron chi connectivity index (χ3n) is 4.64. The Balaban J connectivity index is 1.74. The van der Waals surface area contributed by atoms with Crippen molar-refractivity contribution in [1.29, 1.82) is 0 Å². The van der Waals surface area contributed by atoms with Gasteiger partial charge in [0.1, 0.15) is 10.9 Å². The molecule has 9 heteroatoms. The molecular formula is C21H16Cl5NO3. The molecule has 3 rings (SSSR count). The molecule has 4 nitrogen and oxygen atoms in total. The summed E-state index contributed by atoms with van der Waals surface area (Å²) in [6.45, 7) is 3.61. The van der Waals surface area contributed by atoms with Crippen LogP contribution in [0.2, 0.25) is 15.1 Å². The van der Waals surface area contributed by atoms with Gasteiger partial charge in [-0.05, 0) is 35.9 Å². The van der Waals surface area contributed by atoms with Gasteiger partial charge in [0.2, 0.25) is 5.91 Å². The van der Waals surface area contributed by atoms with Crippen molar-refractivity contribution in [3.63, 3.8) is 0 Å². The molecular weight excluding hydrogens is 492 g/mol. The summed E-state index contributed by atoms with van der Waals surface area (Å²) in [5, 5.41) is 3.74. The minimum Gasteiger partial charge on any atom is -0.369 e. The van der Waals surface area contributed by atoms with Crippen molar-refractivity contribution < 1.29 is 14.3 Å². The molecule has 0 heterocycles. The van der Waals surface area contributed by atoms with Crippen LogP contribution < -0.4 is 5.32 Å². The zero-order chi connectivity index (χ0) is 22.1. The number of halogens is 5. The topological polar surface area (TPSA) is 55.4 Å². The van der Waals surface area contributed by atoms with Gasteiger partial charge < -0.3 is 10.1 Å². The van der Waals surface area contributed by atoms with Crippen molar-refractivity contribution in [3.8, 4) is 0 Å². The molecule has 0 aromatic heterocycles. The second-order valence-corrected chi connectivity index (χ2v) is 9.38. The summed E-state index contributed by atoms with van der Waals surface area (Å²) in [5.74, 6) is -1.86. The Morgan fingerprint density at radius 2 is 1.77 bits per heavy atom. The van der Waals surface area contributed by atoms with E-state index in [-0.39, 0.29) is 35.5 Å². The molecule has 1 N–H and O–H groups in total. The number of rotatable bonds is 8. The Morgan fingerprint density at radius 1 is 1.07 bits per heavy atom. The van der Waals surface area contributed by atoms with E-state index in [4.69, 9.17) is 62.7 Å². The van der Waals surface area contributed by atoms with E-state index in [0.717, 1.165) is 0 Å². The number of alkyl halides is 2. The molecule has 0 aliphatic heterocycles. The lowest BCUT2D eigenvalue weighted by Crippen LogP contribution is -2.18. The van der Waals surface area contributed by atoms with Crippen LogP contribution in [0.4, 0.5) is 5.69 Å². The summed E-state index contributed by atoms with van der Waals surface area (Å²) >= 11 is 30.9.